The number of fused-ring (bicyclic) bond motifs is 3. The highest BCUT2D eigenvalue weighted by molar-refractivity contribution is 6.09. The monoisotopic (exact) mass is 546 g/mol. The van der Waals surface area contributed by atoms with Crippen LogP contribution in [-0.2, 0) is 30.3 Å². The number of aldehydes is 1. The Morgan fingerprint density at radius 3 is 2.70 bits per heavy atom. The van der Waals surface area contributed by atoms with Crippen LogP contribution in [0, 0.1) is 29.1 Å². The fourth-order valence-electron chi connectivity index (χ4n) is 7.48. The number of allylic oxidation sites excluding steroid dienone is 3. The van der Waals surface area contributed by atoms with Crippen molar-refractivity contribution in [1.82, 2.24) is 10.3 Å². The van der Waals surface area contributed by atoms with Crippen molar-refractivity contribution in [3.63, 3.8) is 0 Å². The number of aliphatic carboxylic acids is 1. The molecule has 1 aliphatic carbocycles. The smallest absolute Gasteiger partial charge is 0.303 e. The number of carbonyl (C=O) groups is 4. The van der Waals surface area contributed by atoms with Gasteiger partial charge in [0.25, 0.3) is 0 Å². The number of hydrogen-bond acceptors (Lipinski definition) is 5. The summed E-state index contributed by atoms with van der Waals surface area (Å²) in [5.74, 6) is -2.63. The van der Waals surface area contributed by atoms with Gasteiger partial charge in [-0.3, -0.25) is 19.2 Å². The first-order valence-corrected chi connectivity index (χ1v) is 14.1. The van der Waals surface area contributed by atoms with Gasteiger partial charge in [0.15, 0.2) is 0 Å². The van der Waals surface area contributed by atoms with Crippen LogP contribution in [-0.4, -0.2) is 51.8 Å². The molecular weight excluding hydrogens is 508 g/mol. The van der Waals surface area contributed by atoms with Crippen LogP contribution in [0.1, 0.15) is 52.5 Å². The fraction of sp³-hybridized carbons (Fsp3) is 0.500. The normalized spacial score (nSPS) is 33.9. The number of ketones is 1. The number of carbonyl (C=O) groups excluding carboxylic acids is 3. The Labute approximate surface area is 234 Å². The molecule has 0 bridgehead atoms. The average molecular weight is 547 g/mol. The number of aromatic amines is 1. The van der Waals surface area contributed by atoms with E-state index in [1.807, 2.05) is 55.6 Å². The van der Waals surface area contributed by atoms with Crippen molar-refractivity contribution in [3.8, 4) is 0 Å². The van der Waals surface area contributed by atoms with Gasteiger partial charge in [0.2, 0.25) is 5.91 Å². The zero-order valence-corrected chi connectivity index (χ0v) is 23.5. The van der Waals surface area contributed by atoms with Gasteiger partial charge in [-0.05, 0) is 55.7 Å². The molecule has 2 saturated heterocycles. The third-order valence-electron chi connectivity index (χ3n) is 9.56. The zero-order chi connectivity index (χ0) is 28.8. The minimum Gasteiger partial charge on any atom is -0.481 e. The summed E-state index contributed by atoms with van der Waals surface area (Å²) in [5, 5.41) is 13.7. The molecule has 2 aliphatic heterocycles. The Balaban J connectivity index is 1.54. The highest BCUT2D eigenvalue weighted by Gasteiger charge is 2.78. The predicted molar refractivity (Wildman–Crippen MR) is 150 cm³/mol. The molecule has 212 valence electrons. The van der Waals surface area contributed by atoms with Gasteiger partial charge in [-0.1, -0.05) is 50.3 Å². The van der Waals surface area contributed by atoms with Gasteiger partial charge in [0.1, 0.15) is 17.5 Å². The second-order valence-corrected chi connectivity index (χ2v) is 12.1. The number of nitrogens with one attached hydrogen (secondary N) is 2. The second kappa shape index (κ2) is 10.5. The van der Waals surface area contributed by atoms with Crippen molar-refractivity contribution in [1.29, 1.82) is 0 Å². The molecule has 1 saturated carbocycles. The highest BCUT2D eigenvalue weighted by Crippen LogP contribution is 2.66. The topological polar surface area (TPSA) is 129 Å². The van der Waals surface area contributed by atoms with E-state index in [0.717, 1.165) is 22.8 Å². The number of ether oxygens (including phenoxy) is 1. The van der Waals surface area contributed by atoms with Crippen LogP contribution in [0.15, 0.2) is 54.3 Å². The van der Waals surface area contributed by atoms with Gasteiger partial charge in [0.05, 0.1) is 18.1 Å². The predicted octanol–water partition coefficient (Wildman–Crippen LogP) is 4.40. The van der Waals surface area contributed by atoms with Gasteiger partial charge < -0.3 is 20.1 Å². The van der Waals surface area contributed by atoms with Crippen molar-refractivity contribution in [2.24, 2.45) is 29.1 Å². The molecule has 0 spiro atoms. The van der Waals surface area contributed by atoms with E-state index in [1.165, 1.54) is 0 Å². The van der Waals surface area contributed by atoms with E-state index in [4.69, 9.17) is 4.74 Å². The standard InChI is InChI=1S/C32H38N2O6/c1-18(14-19(2)17-35)8-7-10-23-29-31(4,40-29)20(3)28-25(15-21-16-33-24-11-6-5-9-22(21)24)34-30(39)32(23,28)26(36)12-13-27(37)38/h5-7,9-11,14,16-18,20,23,25,28-29,33H,8,12-13,15H2,1-4H3,(H,34,39)(H,37,38). The van der Waals surface area contributed by atoms with Crippen LogP contribution in [0.4, 0.5) is 0 Å². The minimum absolute atomic E-state index is 0.0944. The van der Waals surface area contributed by atoms with Crippen LogP contribution in [0.3, 0.4) is 0 Å². The lowest BCUT2D eigenvalue weighted by atomic mass is 9.51. The molecule has 8 nitrogen and oxygen atoms in total. The van der Waals surface area contributed by atoms with Crippen LogP contribution in [0.25, 0.3) is 10.9 Å². The number of hydrogen-bond donors (Lipinski definition) is 3. The third-order valence-corrected chi connectivity index (χ3v) is 9.56. The Bertz CT molecular complexity index is 1410. The van der Waals surface area contributed by atoms with E-state index in [0.29, 0.717) is 18.4 Å². The van der Waals surface area contributed by atoms with Gasteiger partial charge in [-0.15, -0.1) is 0 Å². The molecule has 5 rings (SSSR count). The van der Waals surface area contributed by atoms with Gasteiger partial charge >= 0.3 is 5.97 Å². The average Bonchev–Trinajstić information content (AvgIpc) is 3.32. The fourth-order valence-corrected chi connectivity index (χ4v) is 7.48. The zero-order valence-electron chi connectivity index (χ0n) is 23.5. The van der Waals surface area contributed by atoms with Crippen LogP contribution < -0.4 is 5.32 Å². The Hall–Kier alpha value is -3.52. The second-order valence-electron chi connectivity index (χ2n) is 12.1. The molecule has 40 heavy (non-hydrogen) atoms. The van der Waals surface area contributed by atoms with E-state index in [9.17, 15) is 24.3 Å². The number of aromatic nitrogens is 1. The van der Waals surface area contributed by atoms with Gasteiger partial charge in [-0.2, -0.15) is 0 Å². The number of carboxylic acids is 1. The summed E-state index contributed by atoms with van der Waals surface area (Å²) in [6.45, 7) is 7.88. The summed E-state index contributed by atoms with van der Waals surface area (Å²) >= 11 is 0. The molecule has 8 atom stereocenters. The summed E-state index contributed by atoms with van der Waals surface area (Å²) < 4.78 is 6.30. The summed E-state index contributed by atoms with van der Waals surface area (Å²) in [5.41, 5.74) is 0.820. The number of amides is 1. The van der Waals surface area contributed by atoms with Crippen LogP contribution in [0.2, 0.25) is 0 Å². The van der Waals surface area contributed by atoms with E-state index in [-0.39, 0.29) is 54.4 Å². The molecule has 1 aromatic carbocycles. The summed E-state index contributed by atoms with van der Waals surface area (Å²) in [6.07, 6.45) is 8.93. The number of para-hydroxylation sites is 1. The molecule has 0 radical (unpaired) electrons. The largest absolute Gasteiger partial charge is 0.481 e. The Morgan fingerprint density at radius 1 is 1.23 bits per heavy atom. The SMILES string of the molecule is CC(C=O)=CC(C)CC=CC1C2OC2(C)C(C)C2C(Cc3c[nH]c4ccccc34)NC(=O)C12C(=O)CCC(=O)O. The lowest BCUT2D eigenvalue weighted by Crippen LogP contribution is -2.58. The number of rotatable bonds is 11. The van der Waals surface area contributed by atoms with E-state index < -0.39 is 22.9 Å². The maximum absolute atomic E-state index is 14.1. The first kappa shape index (κ1) is 28.0. The number of carboxylic acid groups (broad SMARTS) is 1. The van der Waals surface area contributed by atoms with Gasteiger partial charge in [-0.25, -0.2) is 0 Å². The van der Waals surface area contributed by atoms with Gasteiger partial charge in [0, 0.05) is 41.4 Å². The van der Waals surface area contributed by atoms with Crippen molar-refractivity contribution < 1.29 is 29.0 Å². The quantitative estimate of drug-likeness (QED) is 0.126. The van der Waals surface area contributed by atoms with Crippen molar-refractivity contribution in [2.45, 2.75) is 71.1 Å². The first-order valence-electron chi connectivity index (χ1n) is 14.1. The molecule has 8 unspecified atom stereocenters. The number of H-pyrrole nitrogens is 1. The molecule has 1 aromatic heterocycles. The Kier molecular flexibility index (Phi) is 7.33. The Morgan fingerprint density at radius 2 is 1.98 bits per heavy atom. The molecule has 1 amide bonds. The van der Waals surface area contributed by atoms with Crippen molar-refractivity contribution >= 4 is 34.8 Å². The highest BCUT2D eigenvalue weighted by atomic mass is 16.6. The molecule has 3 fully saturated rings. The molecular formula is C32H38N2O6. The lowest BCUT2D eigenvalue weighted by molar-refractivity contribution is -0.150. The van der Waals surface area contributed by atoms with E-state index in [2.05, 4.69) is 24.1 Å². The summed E-state index contributed by atoms with van der Waals surface area (Å²) in [4.78, 5) is 54.0. The van der Waals surface area contributed by atoms with E-state index >= 15 is 0 Å². The maximum Gasteiger partial charge on any atom is 0.303 e. The molecule has 3 heterocycles. The van der Waals surface area contributed by atoms with E-state index in [1.54, 1.807) is 6.92 Å². The molecule has 8 heteroatoms. The molecule has 3 aliphatic rings. The minimum atomic E-state index is -1.42. The summed E-state index contributed by atoms with van der Waals surface area (Å²) in [7, 11) is 0. The third kappa shape index (κ3) is 4.52. The lowest BCUT2D eigenvalue weighted by Gasteiger charge is -2.46. The summed E-state index contributed by atoms with van der Waals surface area (Å²) in [6, 6.07) is 7.68. The number of Topliss-reactive ketones (excluding diaryl/α,β-unsaturated/α-hetero) is 1. The van der Waals surface area contributed by atoms with Crippen molar-refractivity contribution in [3.05, 3.63) is 59.8 Å². The van der Waals surface area contributed by atoms with Crippen LogP contribution >= 0.6 is 0 Å². The molecule has 3 N–H and O–H groups in total. The molecule has 2 aromatic rings. The van der Waals surface area contributed by atoms with Crippen LogP contribution in [0.5, 0.6) is 0 Å². The number of benzene rings is 1. The first-order chi connectivity index (χ1) is 19.0. The van der Waals surface area contributed by atoms with Crippen molar-refractivity contribution in [2.75, 3.05) is 0 Å². The number of epoxide rings is 1. The maximum atomic E-state index is 14.1.